The Balaban J connectivity index is 1.87. The van der Waals surface area contributed by atoms with Crippen LogP contribution in [0.4, 0.5) is 40.8 Å². The van der Waals surface area contributed by atoms with Gasteiger partial charge >= 0.3 is 21.7 Å². The molecule has 1 atom stereocenters. The lowest BCUT2D eigenvalue weighted by Gasteiger charge is -2.34. The molecule has 216 valence electrons. The van der Waals surface area contributed by atoms with Crippen LogP contribution in [0.5, 0.6) is 0 Å². The minimum absolute atomic E-state index is 0.000672. The molecule has 2 aromatic carbocycles. The van der Waals surface area contributed by atoms with Crippen molar-refractivity contribution >= 4 is 31.6 Å². The molecule has 1 aliphatic heterocycles. The number of anilines is 1. The van der Waals surface area contributed by atoms with Crippen LogP contribution in [0.15, 0.2) is 59.2 Å². The zero-order chi connectivity index (χ0) is 29.5. The zero-order valence-corrected chi connectivity index (χ0v) is 22.7. The van der Waals surface area contributed by atoms with E-state index in [-0.39, 0.29) is 39.5 Å². The molecule has 0 amide bonds. The maximum absolute atomic E-state index is 14.0. The van der Waals surface area contributed by atoms with Crippen LogP contribution in [0.1, 0.15) is 28.8 Å². The van der Waals surface area contributed by atoms with Crippen molar-refractivity contribution in [3.63, 3.8) is 0 Å². The molecule has 0 radical (unpaired) electrons. The molecule has 0 aliphatic carbocycles. The predicted octanol–water partition coefficient (Wildman–Crippen LogP) is 6.81. The van der Waals surface area contributed by atoms with Crippen LogP contribution in [-0.2, 0) is 35.7 Å². The van der Waals surface area contributed by atoms with E-state index in [4.69, 9.17) is 0 Å². The SMILES string of the molecule is O=S(=O)(N1Cc2c(cccc2C(F)(F)F)N(Cc2cc(Br)c(F)cn2)C(CCc2ccc(F)cc2)C1)C(F)(F)F. The van der Waals surface area contributed by atoms with E-state index >= 15 is 0 Å². The zero-order valence-electron chi connectivity index (χ0n) is 20.3. The summed E-state index contributed by atoms with van der Waals surface area (Å²) in [5.41, 5.74) is -7.11. The van der Waals surface area contributed by atoms with E-state index in [0.29, 0.717) is 11.6 Å². The molecule has 0 spiro atoms. The molecule has 15 heteroatoms. The van der Waals surface area contributed by atoms with Gasteiger partial charge in [0.05, 0.1) is 28.5 Å². The Kier molecular flexibility index (Phi) is 8.48. The number of halogens is 9. The minimum Gasteiger partial charge on any atom is -0.361 e. The molecule has 4 rings (SSSR count). The lowest BCUT2D eigenvalue weighted by atomic mass is 10.0. The van der Waals surface area contributed by atoms with E-state index in [0.717, 1.165) is 12.3 Å². The molecule has 0 bridgehead atoms. The first kappa shape index (κ1) is 30.2. The van der Waals surface area contributed by atoms with E-state index in [1.54, 1.807) is 0 Å². The molecule has 2 heterocycles. The smallest absolute Gasteiger partial charge is 0.361 e. The molecule has 1 unspecified atom stereocenters. The second kappa shape index (κ2) is 11.2. The average molecular weight is 658 g/mol. The maximum atomic E-state index is 14.0. The van der Waals surface area contributed by atoms with Crippen molar-refractivity contribution in [2.24, 2.45) is 0 Å². The van der Waals surface area contributed by atoms with Crippen molar-refractivity contribution in [1.82, 2.24) is 9.29 Å². The number of hydrogen-bond donors (Lipinski definition) is 0. The van der Waals surface area contributed by atoms with Gasteiger partial charge in [0.25, 0.3) is 0 Å². The van der Waals surface area contributed by atoms with Crippen LogP contribution in [0.2, 0.25) is 0 Å². The lowest BCUT2D eigenvalue weighted by molar-refractivity contribution is -0.138. The molecule has 1 aliphatic rings. The highest BCUT2D eigenvalue weighted by atomic mass is 79.9. The fraction of sp³-hybridized carbons (Fsp3) is 0.320. The molecule has 0 fully saturated rings. The van der Waals surface area contributed by atoms with Crippen molar-refractivity contribution in [2.45, 2.75) is 43.7 Å². The molecule has 1 aromatic heterocycles. The quantitative estimate of drug-likeness (QED) is 0.273. The van der Waals surface area contributed by atoms with Crippen molar-refractivity contribution in [3.8, 4) is 0 Å². The number of pyridine rings is 1. The number of fused-ring (bicyclic) bond motifs is 1. The number of benzene rings is 2. The fourth-order valence-corrected chi connectivity index (χ4v) is 5.86. The van der Waals surface area contributed by atoms with Crippen LogP contribution in [0.25, 0.3) is 0 Å². The predicted molar refractivity (Wildman–Crippen MR) is 133 cm³/mol. The maximum Gasteiger partial charge on any atom is 0.511 e. The number of hydrogen-bond acceptors (Lipinski definition) is 4. The highest BCUT2D eigenvalue weighted by Gasteiger charge is 2.52. The van der Waals surface area contributed by atoms with Gasteiger partial charge in [0.15, 0.2) is 5.82 Å². The number of sulfonamides is 1. The summed E-state index contributed by atoms with van der Waals surface area (Å²) in [5.74, 6) is -1.24. The van der Waals surface area contributed by atoms with Crippen LogP contribution < -0.4 is 4.90 Å². The Bertz CT molecular complexity index is 1480. The Hall–Kier alpha value is -2.78. The number of aryl methyl sites for hydroxylation is 1. The Morgan fingerprint density at radius 1 is 1.00 bits per heavy atom. The van der Waals surface area contributed by atoms with Crippen molar-refractivity contribution in [2.75, 3.05) is 11.4 Å². The van der Waals surface area contributed by atoms with Crippen LogP contribution in [-0.4, -0.2) is 35.8 Å². The van der Waals surface area contributed by atoms with E-state index in [2.05, 4.69) is 20.9 Å². The minimum atomic E-state index is -6.04. The lowest BCUT2D eigenvalue weighted by Crippen LogP contribution is -2.47. The van der Waals surface area contributed by atoms with E-state index in [1.807, 2.05) is 0 Å². The highest BCUT2D eigenvalue weighted by Crippen LogP contribution is 2.42. The molecular formula is C25H20BrF8N3O2S. The summed E-state index contributed by atoms with van der Waals surface area (Å²) in [4.78, 5) is 5.31. The Morgan fingerprint density at radius 2 is 1.68 bits per heavy atom. The normalized spacial score (nSPS) is 17.0. The first-order chi connectivity index (χ1) is 18.6. The van der Waals surface area contributed by atoms with Crippen molar-refractivity contribution in [1.29, 1.82) is 0 Å². The summed E-state index contributed by atoms with van der Waals surface area (Å²) in [7, 11) is -6.04. The van der Waals surface area contributed by atoms with Gasteiger partial charge in [-0.15, -0.1) is 0 Å². The van der Waals surface area contributed by atoms with Crippen LogP contribution in [0, 0.1) is 11.6 Å². The van der Waals surface area contributed by atoms with E-state index < -0.39 is 63.6 Å². The van der Waals surface area contributed by atoms with Gasteiger partial charge < -0.3 is 4.90 Å². The van der Waals surface area contributed by atoms with Gasteiger partial charge in [-0.25, -0.2) is 17.2 Å². The van der Waals surface area contributed by atoms with Crippen molar-refractivity contribution in [3.05, 3.63) is 93.2 Å². The molecular weight excluding hydrogens is 638 g/mol. The highest BCUT2D eigenvalue weighted by molar-refractivity contribution is 9.10. The molecule has 40 heavy (non-hydrogen) atoms. The Morgan fingerprint density at radius 3 is 2.27 bits per heavy atom. The van der Waals surface area contributed by atoms with E-state index in [9.17, 15) is 43.5 Å². The van der Waals surface area contributed by atoms with Gasteiger partial charge in [-0.05, 0) is 64.7 Å². The number of aromatic nitrogens is 1. The number of alkyl halides is 6. The van der Waals surface area contributed by atoms with Gasteiger partial charge in [0.1, 0.15) is 5.82 Å². The largest absolute Gasteiger partial charge is 0.511 e. The topological polar surface area (TPSA) is 53.5 Å². The van der Waals surface area contributed by atoms with Crippen molar-refractivity contribution < 1.29 is 43.5 Å². The Labute approximate surface area is 232 Å². The van der Waals surface area contributed by atoms with Gasteiger partial charge in [-0.2, -0.15) is 30.6 Å². The third-order valence-corrected chi connectivity index (χ3v) is 8.62. The first-order valence-electron chi connectivity index (χ1n) is 11.6. The van der Waals surface area contributed by atoms with Crippen LogP contribution >= 0.6 is 15.9 Å². The third-order valence-electron chi connectivity index (χ3n) is 6.47. The first-order valence-corrected chi connectivity index (χ1v) is 13.9. The van der Waals surface area contributed by atoms with Gasteiger partial charge in [-0.3, -0.25) is 4.98 Å². The number of nitrogens with zero attached hydrogens (tertiary/aromatic N) is 3. The second-order valence-electron chi connectivity index (χ2n) is 9.08. The number of rotatable bonds is 6. The second-order valence-corrected chi connectivity index (χ2v) is 11.9. The monoisotopic (exact) mass is 657 g/mol. The summed E-state index contributed by atoms with van der Waals surface area (Å²) in [6.45, 7) is -2.27. The van der Waals surface area contributed by atoms with Crippen LogP contribution in [0.3, 0.4) is 0 Å². The fourth-order valence-electron chi connectivity index (χ4n) is 4.54. The third kappa shape index (κ3) is 6.41. The molecule has 3 aromatic rings. The molecule has 0 saturated carbocycles. The molecule has 0 saturated heterocycles. The summed E-state index contributed by atoms with van der Waals surface area (Å²) < 4.78 is 135. The summed E-state index contributed by atoms with van der Waals surface area (Å²) >= 11 is 3.01. The molecule has 5 nitrogen and oxygen atoms in total. The molecule has 0 N–H and O–H groups in total. The standard InChI is InChI=1S/C25H20BrF8N3O2S/c26-21-10-17(35-11-22(21)28)12-37-18(9-6-15-4-7-16(27)8-5-15)13-36(40(38,39)25(32,33)34)14-19-20(24(29,30)31)2-1-3-23(19)37/h1-5,7-8,10-11,18H,6,9,12-14H2. The summed E-state index contributed by atoms with van der Waals surface area (Å²) in [6.07, 6.45) is -4.02. The van der Waals surface area contributed by atoms with Gasteiger partial charge in [-0.1, -0.05) is 18.2 Å². The van der Waals surface area contributed by atoms with E-state index in [1.165, 1.54) is 41.3 Å². The average Bonchev–Trinajstić information content (AvgIpc) is 3.02. The van der Waals surface area contributed by atoms with Gasteiger partial charge in [0, 0.05) is 30.4 Å². The summed E-state index contributed by atoms with van der Waals surface area (Å²) in [5, 5.41) is 0. The summed E-state index contributed by atoms with van der Waals surface area (Å²) in [6, 6.07) is 8.42. The van der Waals surface area contributed by atoms with Gasteiger partial charge in [0.2, 0.25) is 0 Å².